The van der Waals surface area contributed by atoms with Crippen LogP contribution in [0.3, 0.4) is 0 Å². The molecule has 2 heterocycles. The zero-order valence-electron chi connectivity index (χ0n) is 16.4. The minimum absolute atomic E-state index is 0.0863. The maximum Gasteiger partial charge on any atom is 0.148 e. The molecule has 1 aliphatic heterocycles. The maximum atomic E-state index is 6.40. The summed E-state index contributed by atoms with van der Waals surface area (Å²) in [6.45, 7) is 8.18. The minimum Gasteiger partial charge on any atom is -0.489 e. The number of nitrogens with zero attached hydrogens (tertiary/aromatic N) is 2. The zero-order valence-corrected chi connectivity index (χ0v) is 18.0. The number of ether oxygens (including phenoxy) is 1. The number of benzene rings is 2. The third-order valence-electron chi connectivity index (χ3n) is 4.95. The second-order valence-electron chi connectivity index (χ2n) is 7.23. The van der Waals surface area contributed by atoms with Crippen LogP contribution >= 0.6 is 22.9 Å². The van der Waals surface area contributed by atoms with E-state index in [-0.39, 0.29) is 6.10 Å². The molecule has 4 rings (SSSR count). The fourth-order valence-corrected chi connectivity index (χ4v) is 4.81. The number of halogens is 1. The van der Waals surface area contributed by atoms with Gasteiger partial charge in [0, 0.05) is 17.7 Å². The Balaban J connectivity index is 1.68. The second-order valence-corrected chi connectivity index (χ2v) is 8.62. The molecule has 0 fully saturated rings. The first kappa shape index (κ1) is 19.4. The summed E-state index contributed by atoms with van der Waals surface area (Å²) in [6.07, 6.45) is 2.16. The van der Waals surface area contributed by atoms with E-state index >= 15 is 0 Å². The monoisotopic (exact) mass is 413 g/mol. The quantitative estimate of drug-likeness (QED) is 0.598. The van der Waals surface area contributed by atoms with Crippen molar-refractivity contribution in [1.82, 2.24) is 15.5 Å². The van der Waals surface area contributed by atoms with Crippen LogP contribution in [-0.2, 0) is 19.4 Å². The van der Waals surface area contributed by atoms with Crippen molar-refractivity contribution in [3.63, 3.8) is 0 Å². The van der Waals surface area contributed by atoms with Crippen molar-refractivity contribution in [2.75, 3.05) is 6.54 Å². The van der Waals surface area contributed by atoms with Crippen LogP contribution in [0.25, 0.3) is 21.1 Å². The van der Waals surface area contributed by atoms with Crippen molar-refractivity contribution in [3.8, 4) is 26.9 Å². The molecule has 0 radical (unpaired) electrons. The smallest absolute Gasteiger partial charge is 0.148 e. The Morgan fingerprint density at radius 3 is 2.75 bits per heavy atom. The zero-order chi connectivity index (χ0) is 19.7. The van der Waals surface area contributed by atoms with Gasteiger partial charge in [0.15, 0.2) is 0 Å². The first-order chi connectivity index (χ1) is 13.6. The van der Waals surface area contributed by atoms with Crippen LogP contribution in [0.1, 0.15) is 37.5 Å². The Morgan fingerprint density at radius 1 is 1.18 bits per heavy atom. The molecule has 6 heteroatoms. The average Bonchev–Trinajstić information content (AvgIpc) is 3.18. The number of fused-ring (bicyclic) bond motifs is 1. The lowest BCUT2D eigenvalue weighted by Gasteiger charge is -2.21. The van der Waals surface area contributed by atoms with Gasteiger partial charge in [-0.1, -0.05) is 42.0 Å². The van der Waals surface area contributed by atoms with Crippen molar-refractivity contribution in [3.05, 3.63) is 52.0 Å². The molecule has 1 aliphatic rings. The highest BCUT2D eigenvalue weighted by molar-refractivity contribution is 7.17. The standard InChI is InChI=1S/C22H24ClN3OS/c1-4-16-17-9-10-24-12-15(17)5-7-18(16)22-26-25-21(28-22)14-6-8-20(19(23)11-14)27-13(2)3/h5-8,11,13,24H,4,9-10,12H2,1-3H3. The minimum atomic E-state index is 0.0863. The SMILES string of the molecule is CCc1c(-c2nnc(-c3ccc(OC(C)C)c(Cl)c3)s2)ccc2c1CCNC2. The van der Waals surface area contributed by atoms with Gasteiger partial charge < -0.3 is 10.1 Å². The first-order valence-corrected chi connectivity index (χ1v) is 10.9. The molecule has 0 aliphatic carbocycles. The van der Waals surface area contributed by atoms with E-state index in [0.717, 1.165) is 41.5 Å². The van der Waals surface area contributed by atoms with Crippen molar-refractivity contribution in [1.29, 1.82) is 0 Å². The summed E-state index contributed by atoms with van der Waals surface area (Å²) in [6, 6.07) is 10.2. The fourth-order valence-electron chi connectivity index (χ4n) is 3.69. The summed E-state index contributed by atoms with van der Waals surface area (Å²) in [7, 11) is 0. The Hall–Kier alpha value is -1.95. The van der Waals surface area contributed by atoms with E-state index in [2.05, 4.69) is 34.6 Å². The summed E-state index contributed by atoms with van der Waals surface area (Å²) in [5.74, 6) is 0.696. The van der Waals surface area contributed by atoms with Crippen molar-refractivity contribution in [2.45, 2.75) is 46.3 Å². The molecule has 2 aromatic carbocycles. The molecule has 0 saturated carbocycles. The fraction of sp³-hybridized carbons (Fsp3) is 0.364. The van der Waals surface area contributed by atoms with Gasteiger partial charge in [-0.2, -0.15) is 0 Å². The van der Waals surface area contributed by atoms with E-state index in [4.69, 9.17) is 16.3 Å². The van der Waals surface area contributed by atoms with Gasteiger partial charge in [0.05, 0.1) is 11.1 Å². The van der Waals surface area contributed by atoms with Crippen LogP contribution < -0.4 is 10.1 Å². The second kappa shape index (κ2) is 8.19. The van der Waals surface area contributed by atoms with Gasteiger partial charge in [-0.3, -0.25) is 0 Å². The predicted octanol–water partition coefficient (Wildman–Crippen LogP) is 5.52. The Kier molecular flexibility index (Phi) is 5.67. The molecule has 0 bridgehead atoms. The molecule has 3 aromatic rings. The molecule has 4 nitrogen and oxygen atoms in total. The molecule has 0 spiro atoms. The maximum absolute atomic E-state index is 6.40. The van der Waals surface area contributed by atoms with Gasteiger partial charge in [0.1, 0.15) is 15.8 Å². The third-order valence-corrected chi connectivity index (χ3v) is 6.25. The van der Waals surface area contributed by atoms with Gasteiger partial charge in [0.2, 0.25) is 0 Å². The Morgan fingerprint density at radius 2 is 2.00 bits per heavy atom. The molecule has 1 aromatic heterocycles. The third kappa shape index (κ3) is 3.79. The average molecular weight is 414 g/mol. The van der Waals surface area contributed by atoms with Crippen molar-refractivity contribution >= 4 is 22.9 Å². The normalized spacial score (nSPS) is 13.6. The molecule has 0 saturated heterocycles. The topological polar surface area (TPSA) is 47.0 Å². The number of rotatable bonds is 5. The number of aromatic nitrogens is 2. The van der Waals surface area contributed by atoms with E-state index in [1.807, 2.05) is 32.0 Å². The lowest BCUT2D eigenvalue weighted by Crippen LogP contribution is -2.24. The van der Waals surface area contributed by atoms with Crippen LogP contribution in [0.2, 0.25) is 5.02 Å². The Labute approximate surface area is 174 Å². The summed E-state index contributed by atoms with van der Waals surface area (Å²) >= 11 is 8.01. The summed E-state index contributed by atoms with van der Waals surface area (Å²) < 4.78 is 5.72. The summed E-state index contributed by atoms with van der Waals surface area (Å²) in [5, 5.41) is 14.8. The largest absolute Gasteiger partial charge is 0.489 e. The van der Waals surface area contributed by atoms with Gasteiger partial charge in [-0.05, 0) is 68.1 Å². The molecule has 28 heavy (non-hydrogen) atoms. The first-order valence-electron chi connectivity index (χ1n) is 9.71. The molecule has 0 amide bonds. The van der Waals surface area contributed by atoms with Crippen LogP contribution in [0, 0.1) is 0 Å². The van der Waals surface area contributed by atoms with Gasteiger partial charge in [-0.15, -0.1) is 10.2 Å². The molecule has 1 N–H and O–H groups in total. The van der Waals surface area contributed by atoms with Crippen LogP contribution in [0.4, 0.5) is 0 Å². The molecule has 146 valence electrons. The van der Waals surface area contributed by atoms with E-state index < -0.39 is 0 Å². The van der Waals surface area contributed by atoms with E-state index in [1.54, 1.807) is 11.3 Å². The van der Waals surface area contributed by atoms with Crippen molar-refractivity contribution in [2.24, 2.45) is 0 Å². The number of nitrogens with one attached hydrogen (secondary N) is 1. The lowest BCUT2D eigenvalue weighted by molar-refractivity contribution is 0.242. The Bertz CT molecular complexity index is 999. The van der Waals surface area contributed by atoms with Crippen LogP contribution in [0.5, 0.6) is 5.75 Å². The lowest BCUT2D eigenvalue weighted by atomic mass is 9.90. The molecule has 0 atom stereocenters. The van der Waals surface area contributed by atoms with E-state index in [0.29, 0.717) is 10.8 Å². The molecular formula is C22H24ClN3OS. The summed E-state index contributed by atoms with van der Waals surface area (Å²) in [5.41, 5.74) is 6.46. The van der Waals surface area contributed by atoms with Crippen LogP contribution in [-0.4, -0.2) is 22.8 Å². The molecular weight excluding hydrogens is 390 g/mol. The highest BCUT2D eigenvalue weighted by atomic mass is 35.5. The molecule has 0 unspecified atom stereocenters. The predicted molar refractivity (Wildman–Crippen MR) is 116 cm³/mol. The van der Waals surface area contributed by atoms with Crippen molar-refractivity contribution < 1.29 is 4.74 Å². The highest BCUT2D eigenvalue weighted by Crippen LogP contribution is 2.37. The van der Waals surface area contributed by atoms with Gasteiger partial charge in [0.25, 0.3) is 0 Å². The van der Waals surface area contributed by atoms with Gasteiger partial charge in [-0.25, -0.2) is 0 Å². The summed E-state index contributed by atoms with van der Waals surface area (Å²) in [4.78, 5) is 0. The number of hydrogen-bond donors (Lipinski definition) is 1. The van der Waals surface area contributed by atoms with E-state index in [1.165, 1.54) is 22.3 Å². The van der Waals surface area contributed by atoms with Gasteiger partial charge >= 0.3 is 0 Å². The number of hydrogen-bond acceptors (Lipinski definition) is 5. The van der Waals surface area contributed by atoms with E-state index in [9.17, 15) is 0 Å². The highest BCUT2D eigenvalue weighted by Gasteiger charge is 2.19. The van der Waals surface area contributed by atoms with Crippen LogP contribution in [0.15, 0.2) is 30.3 Å².